The molecule has 1 aromatic heterocycles. The minimum Gasteiger partial charge on any atom is -0.339 e. The van der Waals surface area contributed by atoms with Crippen LogP contribution in [0.2, 0.25) is 0 Å². The van der Waals surface area contributed by atoms with E-state index in [-0.39, 0.29) is 0 Å². The highest BCUT2D eigenvalue weighted by Gasteiger charge is 2.30. The van der Waals surface area contributed by atoms with Crippen LogP contribution in [-0.4, -0.2) is 28.5 Å². The van der Waals surface area contributed by atoms with Gasteiger partial charge in [0.05, 0.1) is 11.7 Å². The molecule has 0 aliphatic heterocycles. The van der Waals surface area contributed by atoms with Crippen molar-refractivity contribution in [1.29, 1.82) is 0 Å². The van der Waals surface area contributed by atoms with Gasteiger partial charge in [0.15, 0.2) is 5.82 Å². The summed E-state index contributed by atoms with van der Waals surface area (Å²) < 4.78 is 5.56. The third-order valence-electron chi connectivity index (χ3n) is 3.91. The van der Waals surface area contributed by atoms with Crippen molar-refractivity contribution in [2.75, 3.05) is 12.3 Å². The summed E-state index contributed by atoms with van der Waals surface area (Å²) in [5, 5.41) is 7.82. The highest BCUT2D eigenvalue weighted by molar-refractivity contribution is 7.98. The van der Waals surface area contributed by atoms with Crippen molar-refractivity contribution < 1.29 is 4.52 Å². The number of thioether (sulfide) groups is 1. The number of hydrogen-bond acceptors (Lipinski definition) is 5. The van der Waals surface area contributed by atoms with Gasteiger partial charge in [-0.25, -0.2) is 0 Å². The summed E-state index contributed by atoms with van der Waals surface area (Å²) in [6.45, 7) is 7.76. The van der Waals surface area contributed by atoms with Crippen LogP contribution in [0, 0.1) is 5.92 Å². The van der Waals surface area contributed by atoms with Gasteiger partial charge in [0, 0.05) is 6.04 Å². The number of aromatic nitrogens is 2. The molecule has 1 N–H and O–H groups in total. The Balaban J connectivity index is 1.91. The molecule has 1 fully saturated rings. The van der Waals surface area contributed by atoms with E-state index < -0.39 is 0 Å². The maximum absolute atomic E-state index is 5.56. The Morgan fingerprint density at radius 3 is 2.90 bits per heavy atom. The predicted octanol–water partition coefficient (Wildman–Crippen LogP) is 3.98. The van der Waals surface area contributed by atoms with E-state index in [1.54, 1.807) is 0 Å². The Kier molecular flexibility index (Phi) is 7.04. The molecule has 1 saturated carbocycles. The molecule has 4 nitrogen and oxygen atoms in total. The second-order valence-corrected chi connectivity index (χ2v) is 7.44. The summed E-state index contributed by atoms with van der Waals surface area (Å²) in [6.07, 6.45) is 6.15. The van der Waals surface area contributed by atoms with Crippen LogP contribution < -0.4 is 5.32 Å². The van der Waals surface area contributed by atoms with Crippen LogP contribution in [0.4, 0.5) is 0 Å². The predicted molar refractivity (Wildman–Crippen MR) is 88.6 cm³/mol. The van der Waals surface area contributed by atoms with Crippen molar-refractivity contribution in [1.82, 2.24) is 15.5 Å². The van der Waals surface area contributed by atoms with Crippen LogP contribution in [0.3, 0.4) is 0 Å². The van der Waals surface area contributed by atoms with Crippen LogP contribution in [0.25, 0.3) is 0 Å². The van der Waals surface area contributed by atoms with Gasteiger partial charge in [0.25, 0.3) is 0 Å². The van der Waals surface area contributed by atoms with Gasteiger partial charge in [0.1, 0.15) is 0 Å². The molecule has 0 bridgehead atoms. The molecule has 0 radical (unpaired) electrons. The fourth-order valence-corrected chi connectivity index (χ4v) is 3.75. The smallest absolute Gasteiger partial charge is 0.231 e. The minimum atomic E-state index is 0.404. The van der Waals surface area contributed by atoms with Gasteiger partial charge in [-0.1, -0.05) is 38.8 Å². The van der Waals surface area contributed by atoms with Crippen LogP contribution in [-0.2, 0) is 5.75 Å². The van der Waals surface area contributed by atoms with E-state index in [0.29, 0.717) is 17.9 Å². The van der Waals surface area contributed by atoms with Crippen molar-refractivity contribution >= 4 is 11.8 Å². The highest BCUT2D eigenvalue weighted by Crippen LogP contribution is 2.32. The molecule has 2 unspecified atom stereocenters. The quantitative estimate of drug-likeness (QED) is 0.787. The van der Waals surface area contributed by atoms with Crippen LogP contribution >= 0.6 is 11.8 Å². The Morgan fingerprint density at radius 1 is 1.33 bits per heavy atom. The molecular weight excluding hydrogens is 282 g/mol. The van der Waals surface area contributed by atoms with Gasteiger partial charge in [0.2, 0.25) is 5.89 Å². The molecule has 2 atom stereocenters. The Labute approximate surface area is 132 Å². The minimum absolute atomic E-state index is 0.404. The van der Waals surface area contributed by atoms with E-state index in [9.17, 15) is 0 Å². The first-order valence-corrected chi connectivity index (χ1v) is 9.49. The second kappa shape index (κ2) is 8.79. The lowest BCUT2D eigenvalue weighted by molar-refractivity contribution is 0.262. The highest BCUT2D eigenvalue weighted by atomic mass is 32.2. The number of nitrogens with one attached hydrogen (secondary N) is 1. The summed E-state index contributed by atoms with van der Waals surface area (Å²) in [5.41, 5.74) is 0. The average Bonchev–Trinajstić information content (AvgIpc) is 2.93. The third kappa shape index (κ3) is 5.29. The number of nitrogens with zero attached hydrogens (tertiary/aromatic N) is 2. The lowest BCUT2D eigenvalue weighted by Crippen LogP contribution is -2.37. The topological polar surface area (TPSA) is 51.0 Å². The number of hydrogen-bond donors (Lipinski definition) is 1. The maximum atomic E-state index is 5.56. The molecular formula is C16H29N3OS. The fourth-order valence-electron chi connectivity index (χ4n) is 2.86. The van der Waals surface area contributed by atoms with Crippen LogP contribution in [0.5, 0.6) is 0 Å². The third-order valence-corrected chi connectivity index (χ3v) is 5.27. The monoisotopic (exact) mass is 311 g/mol. The van der Waals surface area contributed by atoms with E-state index in [4.69, 9.17) is 4.52 Å². The zero-order valence-corrected chi connectivity index (χ0v) is 14.4. The molecule has 1 aliphatic rings. The van der Waals surface area contributed by atoms with E-state index in [1.165, 1.54) is 32.1 Å². The van der Waals surface area contributed by atoms with Gasteiger partial charge < -0.3 is 9.84 Å². The Morgan fingerprint density at radius 2 is 2.14 bits per heavy atom. The first-order valence-electron chi connectivity index (χ1n) is 8.34. The lowest BCUT2D eigenvalue weighted by Gasteiger charge is -2.29. The standard InChI is InChI=1S/C16H29N3OS/c1-4-9-17-14-8-6-5-7-13(14)16-18-15(19-20-16)11-21-10-12(2)3/h12-14,17H,4-11H2,1-3H3. The fraction of sp³-hybridized carbons (Fsp3) is 0.875. The molecule has 5 heteroatoms. The van der Waals surface area contributed by atoms with Gasteiger partial charge >= 0.3 is 0 Å². The SMILES string of the molecule is CCCNC1CCCCC1c1nc(CSCC(C)C)no1. The molecule has 0 saturated heterocycles. The average molecular weight is 311 g/mol. The molecule has 1 aliphatic carbocycles. The van der Waals surface area contributed by atoms with Gasteiger partial charge in [-0.3, -0.25) is 0 Å². The van der Waals surface area contributed by atoms with Crippen molar-refractivity contribution in [2.45, 2.75) is 70.6 Å². The van der Waals surface area contributed by atoms with E-state index in [2.05, 4.69) is 36.2 Å². The zero-order chi connectivity index (χ0) is 15.1. The van der Waals surface area contributed by atoms with Crippen LogP contribution in [0.15, 0.2) is 4.52 Å². The molecule has 1 heterocycles. The lowest BCUT2D eigenvalue weighted by atomic mass is 9.84. The Bertz CT molecular complexity index is 408. The first-order chi connectivity index (χ1) is 10.2. The van der Waals surface area contributed by atoms with Crippen molar-refractivity contribution in [2.24, 2.45) is 5.92 Å². The largest absolute Gasteiger partial charge is 0.339 e. The molecule has 1 aromatic rings. The molecule has 120 valence electrons. The van der Waals surface area contributed by atoms with Gasteiger partial charge in [-0.05, 0) is 37.5 Å². The normalized spacial score (nSPS) is 22.9. The van der Waals surface area contributed by atoms with Gasteiger partial charge in [-0.2, -0.15) is 16.7 Å². The van der Waals surface area contributed by atoms with Crippen LogP contribution in [0.1, 0.15) is 70.5 Å². The van der Waals surface area contributed by atoms with E-state index in [1.807, 2.05) is 11.8 Å². The second-order valence-electron chi connectivity index (χ2n) is 6.41. The first kappa shape index (κ1) is 16.8. The molecule has 0 spiro atoms. The summed E-state index contributed by atoms with van der Waals surface area (Å²) in [4.78, 5) is 4.65. The summed E-state index contributed by atoms with van der Waals surface area (Å²) in [6, 6.07) is 0.510. The molecule has 0 aromatic carbocycles. The number of rotatable bonds is 8. The molecule has 2 rings (SSSR count). The summed E-state index contributed by atoms with van der Waals surface area (Å²) in [5.74, 6) is 4.83. The van der Waals surface area contributed by atoms with E-state index >= 15 is 0 Å². The Hall–Kier alpha value is -0.550. The van der Waals surface area contributed by atoms with E-state index in [0.717, 1.165) is 29.8 Å². The maximum Gasteiger partial charge on any atom is 0.231 e. The molecule has 0 amide bonds. The summed E-state index contributed by atoms with van der Waals surface area (Å²) >= 11 is 1.89. The van der Waals surface area contributed by atoms with Crippen molar-refractivity contribution in [3.8, 4) is 0 Å². The summed E-state index contributed by atoms with van der Waals surface area (Å²) in [7, 11) is 0. The molecule has 21 heavy (non-hydrogen) atoms. The van der Waals surface area contributed by atoms with Gasteiger partial charge in [-0.15, -0.1) is 0 Å². The van der Waals surface area contributed by atoms with Crippen molar-refractivity contribution in [3.05, 3.63) is 11.7 Å². The van der Waals surface area contributed by atoms with Crippen molar-refractivity contribution in [3.63, 3.8) is 0 Å². The zero-order valence-electron chi connectivity index (χ0n) is 13.6.